The molecular formula is C14H13NO3. The average Bonchev–Trinajstić information content (AvgIpc) is 3.20. The number of nitrogens with zero attached hydrogens (tertiary/aromatic N) is 1. The van der Waals surface area contributed by atoms with Gasteiger partial charge in [-0.05, 0) is 25.0 Å². The first-order valence-corrected chi connectivity index (χ1v) is 5.97. The summed E-state index contributed by atoms with van der Waals surface area (Å²) in [6.07, 6.45) is 2.03. The fourth-order valence-corrected chi connectivity index (χ4v) is 2.03. The maximum absolute atomic E-state index is 12.2. The van der Waals surface area contributed by atoms with E-state index >= 15 is 0 Å². The summed E-state index contributed by atoms with van der Waals surface area (Å²) < 4.78 is 5.16. The quantitative estimate of drug-likeness (QED) is 0.758. The Kier molecular flexibility index (Phi) is 2.44. The molecule has 18 heavy (non-hydrogen) atoms. The first-order valence-electron chi connectivity index (χ1n) is 5.97. The number of carbonyl (C=O) groups excluding carboxylic acids is 1. The summed E-state index contributed by atoms with van der Waals surface area (Å²) in [5.41, 5.74) is 0.0578. The van der Waals surface area contributed by atoms with Crippen molar-refractivity contribution in [1.29, 1.82) is 0 Å². The Morgan fingerprint density at radius 1 is 1.33 bits per heavy atom. The van der Waals surface area contributed by atoms with Gasteiger partial charge in [0, 0.05) is 18.5 Å². The molecule has 2 aromatic rings. The molecule has 4 nitrogen and oxygen atoms in total. The molecule has 3 rings (SSSR count). The van der Waals surface area contributed by atoms with Crippen molar-refractivity contribution in [1.82, 2.24) is 4.90 Å². The smallest absolute Gasteiger partial charge is 0.349 e. The largest absolute Gasteiger partial charge is 0.422 e. The number of benzene rings is 1. The molecule has 4 heteroatoms. The van der Waals surface area contributed by atoms with Gasteiger partial charge < -0.3 is 9.32 Å². The Hall–Kier alpha value is -2.10. The molecule has 92 valence electrons. The molecule has 1 heterocycles. The summed E-state index contributed by atoms with van der Waals surface area (Å²) in [5.74, 6) is -0.253. The SMILES string of the molecule is CN(C(=O)c1cc2ccccc2oc1=O)C1CC1. The standard InChI is InChI=1S/C14H13NO3/c1-15(10-6-7-10)13(16)11-8-9-4-2-3-5-12(9)18-14(11)17/h2-5,8,10H,6-7H2,1H3. The van der Waals surface area contributed by atoms with E-state index in [0.29, 0.717) is 5.58 Å². The Morgan fingerprint density at radius 3 is 2.78 bits per heavy atom. The molecule has 0 saturated heterocycles. The molecule has 1 aliphatic carbocycles. The molecule has 1 saturated carbocycles. The van der Waals surface area contributed by atoms with Gasteiger partial charge in [0.15, 0.2) is 0 Å². The fraction of sp³-hybridized carbons (Fsp3) is 0.286. The average molecular weight is 243 g/mol. The summed E-state index contributed by atoms with van der Waals surface area (Å²) in [7, 11) is 1.73. The molecule has 1 aromatic heterocycles. The summed E-state index contributed by atoms with van der Waals surface area (Å²) >= 11 is 0. The fourth-order valence-electron chi connectivity index (χ4n) is 2.03. The molecule has 1 fully saturated rings. The third kappa shape index (κ3) is 1.79. The Bertz CT molecular complexity index is 670. The number of fused-ring (bicyclic) bond motifs is 1. The predicted molar refractivity (Wildman–Crippen MR) is 67.6 cm³/mol. The van der Waals surface area contributed by atoms with E-state index in [1.54, 1.807) is 30.1 Å². The normalized spacial score (nSPS) is 14.7. The van der Waals surface area contributed by atoms with Crippen LogP contribution in [0.15, 0.2) is 39.5 Å². The molecule has 0 aliphatic heterocycles. The highest BCUT2D eigenvalue weighted by Crippen LogP contribution is 2.26. The molecule has 0 bridgehead atoms. The van der Waals surface area contributed by atoms with Gasteiger partial charge in [0.1, 0.15) is 11.1 Å². The van der Waals surface area contributed by atoms with Gasteiger partial charge in [-0.25, -0.2) is 4.79 Å². The number of para-hydroxylation sites is 1. The van der Waals surface area contributed by atoms with Crippen LogP contribution in [0.4, 0.5) is 0 Å². The first kappa shape index (κ1) is 11.0. The van der Waals surface area contributed by atoms with Gasteiger partial charge in [-0.3, -0.25) is 4.79 Å². The molecule has 0 spiro atoms. The lowest BCUT2D eigenvalue weighted by Crippen LogP contribution is -2.32. The Morgan fingerprint density at radius 2 is 2.06 bits per heavy atom. The lowest BCUT2D eigenvalue weighted by atomic mass is 10.1. The lowest BCUT2D eigenvalue weighted by Gasteiger charge is -2.15. The summed E-state index contributed by atoms with van der Waals surface area (Å²) in [6.45, 7) is 0. The van der Waals surface area contributed by atoms with Crippen molar-refractivity contribution in [2.24, 2.45) is 0 Å². The van der Waals surface area contributed by atoms with Crippen molar-refractivity contribution in [3.05, 3.63) is 46.3 Å². The van der Waals surface area contributed by atoms with Crippen molar-refractivity contribution < 1.29 is 9.21 Å². The van der Waals surface area contributed by atoms with E-state index < -0.39 is 5.63 Å². The number of amides is 1. The van der Waals surface area contributed by atoms with Crippen LogP contribution in [-0.4, -0.2) is 23.9 Å². The second kappa shape index (κ2) is 3.98. The van der Waals surface area contributed by atoms with Gasteiger partial charge in [-0.15, -0.1) is 0 Å². The van der Waals surface area contributed by atoms with Crippen LogP contribution >= 0.6 is 0 Å². The van der Waals surface area contributed by atoms with Crippen LogP contribution < -0.4 is 5.63 Å². The van der Waals surface area contributed by atoms with E-state index in [1.165, 1.54) is 0 Å². The Balaban J connectivity index is 2.08. The summed E-state index contributed by atoms with van der Waals surface area (Å²) in [5, 5.41) is 0.768. The highest BCUT2D eigenvalue weighted by Gasteiger charge is 2.31. The predicted octanol–water partition coefficient (Wildman–Crippen LogP) is 2.03. The molecule has 0 radical (unpaired) electrons. The molecule has 1 amide bonds. The van der Waals surface area contributed by atoms with Gasteiger partial charge in [0.05, 0.1) is 0 Å². The lowest BCUT2D eigenvalue weighted by molar-refractivity contribution is 0.0781. The van der Waals surface area contributed by atoms with Crippen molar-refractivity contribution >= 4 is 16.9 Å². The van der Waals surface area contributed by atoms with E-state index in [2.05, 4.69) is 0 Å². The van der Waals surface area contributed by atoms with Crippen molar-refractivity contribution in [3.63, 3.8) is 0 Å². The first-order chi connectivity index (χ1) is 8.66. The minimum atomic E-state index is -0.564. The molecule has 0 N–H and O–H groups in total. The molecule has 1 aliphatic rings. The maximum atomic E-state index is 12.2. The van der Waals surface area contributed by atoms with E-state index in [-0.39, 0.29) is 17.5 Å². The number of hydrogen-bond acceptors (Lipinski definition) is 3. The van der Waals surface area contributed by atoms with Gasteiger partial charge in [0.25, 0.3) is 5.91 Å². The highest BCUT2D eigenvalue weighted by atomic mass is 16.4. The van der Waals surface area contributed by atoms with Gasteiger partial charge >= 0.3 is 5.63 Å². The van der Waals surface area contributed by atoms with E-state index in [0.717, 1.165) is 18.2 Å². The second-order valence-corrected chi connectivity index (χ2v) is 4.63. The Labute approximate surface area is 104 Å². The topological polar surface area (TPSA) is 50.5 Å². The van der Waals surface area contributed by atoms with E-state index in [1.807, 2.05) is 12.1 Å². The van der Waals surface area contributed by atoms with Crippen LogP contribution in [0, 0.1) is 0 Å². The minimum absolute atomic E-state index is 0.114. The van der Waals surface area contributed by atoms with Crippen LogP contribution in [0.5, 0.6) is 0 Å². The van der Waals surface area contributed by atoms with E-state index in [9.17, 15) is 9.59 Å². The zero-order valence-corrected chi connectivity index (χ0v) is 10.1. The van der Waals surface area contributed by atoms with Crippen LogP contribution in [0.3, 0.4) is 0 Å². The zero-order chi connectivity index (χ0) is 12.7. The summed E-state index contributed by atoms with van der Waals surface area (Å²) in [6, 6.07) is 9.08. The third-order valence-electron chi connectivity index (χ3n) is 3.29. The van der Waals surface area contributed by atoms with Crippen molar-refractivity contribution in [2.45, 2.75) is 18.9 Å². The monoisotopic (exact) mass is 243 g/mol. The zero-order valence-electron chi connectivity index (χ0n) is 10.1. The number of carbonyl (C=O) groups is 1. The van der Waals surface area contributed by atoms with E-state index in [4.69, 9.17) is 4.42 Å². The highest BCUT2D eigenvalue weighted by molar-refractivity contribution is 5.96. The maximum Gasteiger partial charge on any atom is 0.349 e. The number of hydrogen-bond donors (Lipinski definition) is 0. The molecular weight excluding hydrogens is 230 g/mol. The number of rotatable bonds is 2. The van der Waals surface area contributed by atoms with Gasteiger partial charge in [-0.2, -0.15) is 0 Å². The van der Waals surface area contributed by atoms with Crippen LogP contribution in [0.2, 0.25) is 0 Å². The summed E-state index contributed by atoms with van der Waals surface area (Å²) in [4.78, 5) is 25.6. The van der Waals surface area contributed by atoms with Gasteiger partial charge in [-0.1, -0.05) is 18.2 Å². The van der Waals surface area contributed by atoms with Gasteiger partial charge in [0.2, 0.25) is 0 Å². The van der Waals surface area contributed by atoms with Crippen LogP contribution in [0.25, 0.3) is 11.0 Å². The molecule has 1 aromatic carbocycles. The van der Waals surface area contributed by atoms with Crippen LogP contribution in [-0.2, 0) is 0 Å². The minimum Gasteiger partial charge on any atom is -0.422 e. The van der Waals surface area contributed by atoms with Crippen molar-refractivity contribution in [2.75, 3.05) is 7.05 Å². The molecule has 0 atom stereocenters. The molecule has 0 unspecified atom stereocenters. The second-order valence-electron chi connectivity index (χ2n) is 4.63. The van der Waals surface area contributed by atoms with Crippen LogP contribution in [0.1, 0.15) is 23.2 Å². The third-order valence-corrected chi connectivity index (χ3v) is 3.29. The van der Waals surface area contributed by atoms with Crippen molar-refractivity contribution in [3.8, 4) is 0 Å².